The lowest BCUT2D eigenvalue weighted by Gasteiger charge is -2.28. The minimum atomic E-state index is -0.726. The van der Waals surface area contributed by atoms with Crippen LogP contribution in [0.3, 0.4) is 0 Å². The van der Waals surface area contributed by atoms with Crippen LogP contribution in [0.5, 0.6) is 0 Å². The van der Waals surface area contributed by atoms with E-state index in [9.17, 15) is 13.6 Å². The number of hydrogen-bond acceptors (Lipinski definition) is 5. The molecule has 1 saturated heterocycles. The van der Waals surface area contributed by atoms with Gasteiger partial charge in [-0.1, -0.05) is 0 Å². The standard InChI is InChI=1S/C18H22F2N6O/c1-25(2)16-15(11-21-17(24-16)26-8-4-3-5-9-26)23-18(27)22-14-10-12(19)6-7-13(14)20/h6-7,10-11H,3-5,8-9H2,1-2H3,(H2,22,23,27). The lowest BCUT2D eigenvalue weighted by Crippen LogP contribution is -2.31. The van der Waals surface area contributed by atoms with Crippen molar-refractivity contribution in [3.8, 4) is 0 Å². The number of hydrogen-bond donors (Lipinski definition) is 2. The molecular weight excluding hydrogens is 354 g/mol. The van der Waals surface area contributed by atoms with E-state index in [1.54, 1.807) is 19.0 Å². The third kappa shape index (κ3) is 4.60. The molecule has 3 rings (SSSR count). The number of benzene rings is 1. The Balaban J connectivity index is 1.77. The second-order valence-corrected chi connectivity index (χ2v) is 6.55. The number of carbonyl (C=O) groups is 1. The number of aromatic nitrogens is 2. The van der Waals surface area contributed by atoms with Crippen LogP contribution in [-0.2, 0) is 0 Å². The van der Waals surface area contributed by atoms with Crippen LogP contribution in [0.4, 0.5) is 36.7 Å². The zero-order valence-electron chi connectivity index (χ0n) is 15.3. The van der Waals surface area contributed by atoms with Gasteiger partial charge in [-0.2, -0.15) is 4.98 Å². The average Bonchev–Trinajstić information content (AvgIpc) is 2.65. The fraction of sp³-hybridized carbons (Fsp3) is 0.389. The summed E-state index contributed by atoms with van der Waals surface area (Å²) in [5, 5.41) is 4.89. The van der Waals surface area contributed by atoms with Gasteiger partial charge < -0.3 is 20.4 Å². The molecule has 0 atom stereocenters. The Labute approximate surface area is 156 Å². The van der Waals surface area contributed by atoms with Crippen LogP contribution in [0.15, 0.2) is 24.4 Å². The third-order valence-electron chi connectivity index (χ3n) is 4.24. The number of urea groups is 1. The second-order valence-electron chi connectivity index (χ2n) is 6.55. The quantitative estimate of drug-likeness (QED) is 0.855. The SMILES string of the molecule is CN(C)c1nc(N2CCCCC2)ncc1NC(=O)Nc1cc(F)ccc1F. The lowest BCUT2D eigenvalue weighted by molar-refractivity contribution is 0.262. The summed E-state index contributed by atoms with van der Waals surface area (Å²) in [4.78, 5) is 25.0. The first-order valence-electron chi connectivity index (χ1n) is 8.76. The molecule has 0 bridgehead atoms. The summed E-state index contributed by atoms with van der Waals surface area (Å²) < 4.78 is 26.9. The molecule has 1 fully saturated rings. The van der Waals surface area contributed by atoms with Crippen LogP contribution in [0.25, 0.3) is 0 Å². The molecule has 7 nitrogen and oxygen atoms in total. The molecular formula is C18H22F2N6O. The summed E-state index contributed by atoms with van der Waals surface area (Å²) in [7, 11) is 3.61. The highest BCUT2D eigenvalue weighted by atomic mass is 19.1. The Morgan fingerprint density at radius 1 is 1.11 bits per heavy atom. The fourth-order valence-corrected chi connectivity index (χ4v) is 2.91. The average molecular weight is 376 g/mol. The van der Waals surface area contributed by atoms with Gasteiger partial charge in [0.2, 0.25) is 5.95 Å². The zero-order chi connectivity index (χ0) is 19.4. The van der Waals surface area contributed by atoms with Crippen molar-refractivity contribution >= 4 is 29.2 Å². The van der Waals surface area contributed by atoms with Crippen molar-refractivity contribution in [3.05, 3.63) is 36.0 Å². The molecule has 27 heavy (non-hydrogen) atoms. The molecule has 1 aromatic heterocycles. The number of piperidine rings is 1. The van der Waals surface area contributed by atoms with Crippen LogP contribution in [0.1, 0.15) is 19.3 Å². The predicted octanol–water partition coefficient (Wildman–Crippen LogP) is 3.46. The molecule has 9 heteroatoms. The smallest absolute Gasteiger partial charge is 0.323 e. The van der Waals surface area contributed by atoms with Crippen molar-refractivity contribution < 1.29 is 13.6 Å². The van der Waals surface area contributed by atoms with Gasteiger partial charge in [0.1, 0.15) is 17.3 Å². The highest BCUT2D eigenvalue weighted by Crippen LogP contribution is 2.25. The summed E-state index contributed by atoms with van der Waals surface area (Å²) in [5.41, 5.74) is 0.125. The maximum atomic E-state index is 13.7. The summed E-state index contributed by atoms with van der Waals surface area (Å²) in [6, 6.07) is 2.14. The van der Waals surface area contributed by atoms with Crippen LogP contribution >= 0.6 is 0 Å². The Kier molecular flexibility index (Phi) is 5.68. The highest BCUT2D eigenvalue weighted by Gasteiger charge is 2.18. The minimum Gasteiger partial charge on any atom is -0.361 e. The maximum absolute atomic E-state index is 13.7. The van der Waals surface area contributed by atoms with Crippen molar-refractivity contribution in [1.29, 1.82) is 0 Å². The Morgan fingerprint density at radius 3 is 2.52 bits per heavy atom. The van der Waals surface area contributed by atoms with Gasteiger partial charge in [-0.25, -0.2) is 18.6 Å². The molecule has 144 valence electrons. The number of carbonyl (C=O) groups excluding carboxylic acids is 1. The molecule has 2 N–H and O–H groups in total. The largest absolute Gasteiger partial charge is 0.361 e. The van der Waals surface area contributed by atoms with E-state index in [2.05, 4.69) is 25.5 Å². The van der Waals surface area contributed by atoms with Crippen molar-refractivity contribution in [2.24, 2.45) is 0 Å². The maximum Gasteiger partial charge on any atom is 0.323 e. The number of halogens is 2. The predicted molar refractivity (Wildman–Crippen MR) is 101 cm³/mol. The van der Waals surface area contributed by atoms with Crippen molar-refractivity contribution in [2.75, 3.05) is 47.6 Å². The summed E-state index contributed by atoms with van der Waals surface area (Å²) in [6.07, 6.45) is 4.92. The first kappa shape index (κ1) is 18.8. The molecule has 1 aliphatic rings. The van der Waals surface area contributed by atoms with Crippen molar-refractivity contribution in [3.63, 3.8) is 0 Å². The van der Waals surface area contributed by atoms with Gasteiger partial charge >= 0.3 is 6.03 Å². The van der Waals surface area contributed by atoms with Crippen LogP contribution in [0, 0.1) is 11.6 Å². The van der Waals surface area contributed by atoms with Crippen molar-refractivity contribution in [2.45, 2.75) is 19.3 Å². The number of nitrogens with one attached hydrogen (secondary N) is 2. The highest BCUT2D eigenvalue weighted by molar-refractivity contribution is 6.01. The van der Waals surface area contributed by atoms with Crippen molar-refractivity contribution in [1.82, 2.24) is 9.97 Å². The molecule has 2 heterocycles. The van der Waals surface area contributed by atoms with Gasteiger partial charge in [-0.05, 0) is 31.4 Å². The molecule has 0 saturated carbocycles. The van der Waals surface area contributed by atoms with Crippen LogP contribution in [0.2, 0.25) is 0 Å². The summed E-state index contributed by atoms with van der Waals surface area (Å²) in [6.45, 7) is 1.80. The van der Waals surface area contributed by atoms with E-state index in [1.165, 1.54) is 12.6 Å². The lowest BCUT2D eigenvalue weighted by atomic mass is 10.1. The monoisotopic (exact) mass is 376 g/mol. The molecule has 1 aromatic carbocycles. The van der Waals surface area contributed by atoms with Gasteiger partial charge in [-0.15, -0.1) is 0 Å². The molecule has 1 aliphatic heterocycles. The molecule has 2 amide bonds. The van der Waals surface area contributed by atoms with E-state index in [0.717, 1.165) is 44.1 Å². The third-order valence-corrected chi connectivity index (χ3v) is 4.24. The van der Waals surface area contributed by atoms with E-state index >= 15 is 0 Å². The molecule has 0 unspecified atom stereocenters. The number of nitrogens with zero attached hydrogens (tertiary/aromatic N) is 4. The van der Waals surface area contributed by atoms with Gasteiger partial charge in [-0.3, -0.25) is 0 Å². The van der Waals surface area contributed by atoms with E-state index in [0.29, 0.717) is 17.5 Å². The van der Waals surface area contributed by atoms with Gasteiger partial charge in [0, 0.05) is 33.3 Å². The molecule has 2 aromatic rings. The van der Waals surface area contributed by atoms with Gasteiger partial charge in [0.15, 0.2) is 5.82 Å². The second kappa shape index (κ2) is 8.15. The minimum absolute atomic E-state index is 0.246. The Morgan fingerprint density at radius 2 is 1.81 bits per heavy atom. The number of amides is 2. The topological polar surface area (TPSA) is 73.4 Å². The van der Waals surface area contributed by atoms with E-state index in [4.69, 9.17) is 0 Å². The van der Waals surface area contributed by atoms with Gasteiger partial charge in [0.25, 0.3) is 0 Å². The van der Waals surface area contributed by atoms with Crippen LogP contribution < -0.4 is 20.4 Å². The normalized spacial score (nSPS) is 14.0. The number of rotatable bonds is 4. The van der Waals surface area contributed by atoms with E-state index in [-0.39, 0.29) is 5.69 Å². The summed E-state index contributed by atoms with van der Waals surface area (Å²) in [5.74, 6) is -0.230. The van der Waals surface area contributed by atoms with E-state index < -0.39 is 17.7 Å². The summed E-state index contributed by atoms with van der Waals surface area (Å²) >= 11 is 0. The fourth-order valence-electron chi connectivity index (χ4n) is 2.91. The first-order chi connectivity index (χ1) is 12.9. The van der Waals surface area contributed by atoms with Crippen LogP contribution in [-0.4, -0.2) is 43.2 Å². The Bertz CT molecular complexity index is 823. The van der Waals surface area contributed by atoms with Gasteiger partial charge in [0.05, 0.1) is 11.9 Å². The molecule has 0 aliphatic carbocycles. The molecule has 0 radical (unpaired) electrons. The molecule has 0 spiro atoms. The Hall–Kier alpha value is -2.97. The first-order valence-corrected chi connectivity index (χ1v) is 8.76. The van der Waals surface area contributed by atoms with E-state index in [1.807, 2.05) is 0 Å². The zero-order valence-corrected chi connectivity index (χ0v) is 15.3. The number of anilines is 4.